The highest BCUT2D eigenvalue weighted by Crippen LogP contribution is 2.37. The highest BCUT2D eigenvalue weighted by atomic mass is 35.5. The van der Waals surface area contributed by atoms with Crippen LogP contribution >= 0.6 is 11.6 Å². The number of hydrogen-bond donors (Lipinski definition) is 1. The molecule has 1 atom stereocenters. The minimum absolute atomic E-state index is 0.0453. The Hall–Kier alpha value is -3.12. The van der Waals surface area contributed by atoms with Crippen LogP contribution in [0.3, 0.4) is 0 Å². The second kappa shape index (κ2) is 9.79. The fraction of sp³-hybridized carbons (Fsp3) is 0.292. The van der Waals surface area contributed by atoms with Crippen molar-refractivity contribution in [3.05, 3.63) is 76.0 Å². The molecule has 0 spiro atoms. The van der Waals surface area contributed by atoms with Gasteiger partial charge in [-0.15, -0.1) is 0 Å². The Morgan fingerprint density at radius 1 is 1.16 bits per heavy atom. The topological polar surface area (TPSA) is 75.7 Å². The van der Waals surface area contributed by atoms with E-state index >= 15 is 0 Å². The molecule has 0 saturated carbocycles. The van der Waals surface area contributed by atoms with Gasteiger partial charge in [-0.05, 0) is 50.6 Å². The van der Waals surface area contributed by atoms with E-state index in [0.29, 0.717) is 22.0 Å². The zero-order valence-electron chi connectivity index (χ0n) is 17.8. The van der Waals surface area contributed by atoms with Gasteiger partial charge in [-0.25, -0.2) is 4.79 Å². The summed E-state index contributed by atoms with van der Waals surface area (Å²) < 4.78 is 5.26. The van der Waals surface area contributed by atoms with E-state index in [4.69, 9.17) is 16.3 Å². The van der Waals surface area contributed by atoms with Crippen LogP contribution in [-0.4, -0.2) is 35.8 Å². The Labute approximate surface area is 186 Å². The van der Waals surface area contributed by atoms with Crippen molar-refractivity contribution in [2.75, 3.05) is 18.5 Å². The van der Waals surface area contributed by atoms with Crippen LogP contribution in [0.2, 0.25) is 5.02 Å². The molecule has 2 amide bonds. The summed E-state index contributed by atoms with van der Waals surface area (Å²) in [6, 6.07) is 14.5. The lowest BCUT2D eigenvalue weighted by Crippen LogP contribution is -2.42. The number of anilines is 1. The van der Waals surface area contributed by atoms with Gasteiger partial charge in [0.15, 0.2) is 0 Å². The van der Waals surface area contributed by atoms with E-state index in [0.717, 1.165) is 11.1 Å². The summed E-state index contributed by atoms with van der Waals surface area (Å²) in [5.41, 5.74) is 3.26. The normalized spacial score (nSPS) is 16.3. The molecule has 2 aromatic carbocycles. The maximum atomic E-state index is 13.0. The quantitative estimate of drug-likeness (QED) is 0.674. The van der Waals surface area contributed by atoms with Crippen molar-refractivity contribution in [2.24, 2.45) is 0 Å². The van der Waals surface area contributed by atoms with E-state index < -0.39 is 11.9 Å². The molecule has 1 aliphatic heterocycles. The summed E-state index contributed by atoms with van der Waals surface area (Å²) >= 11 is 6.13. The van der Waals surface area contributed by atoms with Gasteiger partial charge in [-0.1, -0.05) is 41.4 Å². The number of amides is 2. The van der Waals surface area contributed by atoms with E-state index in [1.807, 2.05) is 25.1 Å². The van der Waals surface area contributed by atoms with Crippen LogP contribution in [0.25, 0.3) is 0 Å². The lowest BCUT2D eigenvalue weighted by atomic mass is 9.83. The van der Waals surface area contributed by atoms with Gasteiger partial charge in [0.05, 0.1) is 12.2 Å². The summed E-state index contributed by atoms with van der Waals surface area (Å²) in [6.45, 7) is 5.37. The molecule has 1 unspecified atom stereocenters. The Morgan fingerprint density at radius 3 is 2.52 bits per heavy atom. The fourth-order valence-corrected chi connectivity index (χ4v) is 3.86. The Bertz CT molecular complexity index is 1030. The van der Waals surface area contributed by atoms with Crippen molar-refractivity contribution in [2.45, 2.75) is 33.1 Å². The third-order valence-corrected chi connectivity index (χ3v) is 5.44. The molecule has 0 aromatic heterocycles. The molecule has 1 N–H and O–H groups in total. The second-order valence-corrected chi connectivity index (χ2v) is 7.86. The average Bonchev–Trinajstić information content (AvgIpc) is 2.72. The standard InChI is InChI=1S/C24H25ClN2O4/c1-4-31-24(30)23-16(3)27(14-21(28)26-19-10-8-15(2)9-11-19)22(29)13-20(23)17-6-5-7-18(25)12-17/h5-12,20H,4,13-14H2,1-3H3,(H,26,28). The van der Waals surface area contributed by atoms with E-state index in [1.165, 1.54) is 4.90 Å². The first kappa shape index (κ1) is 22.6. The van der Waals surface area contributed by atoms with Crippen LogP contribution in [0, 0.1) is 6.92 Å². The van der Waals surface area contributed by atoms with E-state index in [1.54, 1.807) is 44.2 Å². The Morgan fingerprint density at radius 2 is 1.87 bits per heavy atom. The van der Waals surface area contributed by atoms with Crippen LogP contribution < -0.4 is 5.32 Å². The van der Waals surface area contributed by atoms with E-state index in [2.05, 4.69) is 5.32 Å². The number of rotatable bonds is 6. The van der Waals surface area contributed by atoms with Crippen LogP contribution in [-0.2, 0) is 19.1 Å². The predicted octanol–water partition coefficient (Wildman–Crippen LogP) is 4.44. The molecule has 6 nitrogen and oxygen atoms in total. The van der Waals surface area contributed by atoms with Crippen LogP contribution in [0.15, 0.2) is 59.8 Å². The fourth-order valence-electron chi connectivity index (χ4n) is 3.67. The molecule has 2 aromatic rings. The highest BCUT2D eigenvalue weighted by Gasteiger charge is 2.37. The molecular formula is C24H25ClN2O4. The van der Waals surface area contributed by atoms with Crippen molar-refractivity contribution in [1.29, 1.82) is 0 Å². The number of nitrogens with zero attached hydrogens (tertiary/aromatic N) is 1. The van der Waals surface area contributed by atoms with Gasteiger partial charge in [0.2, 0.25) is 11.8 Å². The number of esters is 1. The zero-order valence-corrected chi connectivity index (χ0v) is 18.5. The number of benzene rings is 2. The van der Waals surface area contributed by atoms with Gasteiger partial charge in [-0.2, -0.15) is 0 Å². The van der Waals surface area contributed by atoms with Crippen molar-refractivity contribution in [3.8, 4) is 0 Å². The number of carbonyl (C=O) groups excluding carboxylic acids is 3. The molecule has 0 aliphatic carbocycles. The minimum Gasteiger partial charge on any atom is -0.463 e. The molecule has 7 heteroatoms. The molecule has 0 radical (unpaired) electrons. The molecule has 0 bridgehead atoms. The Kier molecular flexibility index (Phi) is 7.13. The summed E-state index contributed by atoms with van der Waals surface area (Å²) in [5.74, 6) is -1.57. The highest BCUT2D eigenvalue weighted by molar-refractivity contribution is 6.30. The lowest BCUT2D eigenvalue weighted by molar-refractivity contribution is -0.140. The second-order valence-electron chi connectivity index (χ2n) is 7.43. The largest absolute Gasteiger partial charge is 0.463 e. The van der Waals surface area contributed by atoms with Gasteiger partial charge in [-0.3, -0.25) is 9.59 Å². The smallest absolute Gasteiger partial charge is 0.336 e. The predicted molar refractivity (Wildman–Crippen MR) is 120 cm³/mol. The monoisotopic (exact) mass is 440 g/mol. The third-order valence-electron chi connectivity index (χ3n) is 5.21. The van der Waals surface area contributed by atoms with Crippen molar-refractivity contribution in [1.82, 2.24) is 4.90 Å². The zero-order chi connectivity index (χ0) is 22.5. The molecule has 31 heavy (non-hydrogen) atoms. The SMILES string of the molecule is CCOC(=O)C1=C(C)N(CC(=O)Nc2ccc(C)cc2)C(=O)CC1c1cccc(Cl)c1. The number of carbonyl (C=O) groups is 3. The molecule has 162 valence electrons. The number of ether oxygens (including phenoxy) is 1. The minimum atomic E-state index is -0.499. The number of aryl methyl sites for hydroxylation is 1. The first-order valence-corrected chi connectivity index (χ1v) is 10.5. The van der Waals surface area contributed by atoms with E-state index in [-0.39, 0.29) is 31.4 Å². The molecule has 3 rings (SSSR count). The maximum absolute atomic E-state index is 13.0. The molecule has 1 aliphatic rings. The number of halogens is 1. The molecular weight excluding hydrogens is 416 g/mol. The molecule has 1 heterocycles. The van der Waals surface area contributed by atoms with Gasteiger partial charge < -0.3 is 15.0 Å². The number of hydrogen-bond acceptors (Lipinski definition) is 4. The number of nitrogens with one attached hydrogen (secondary N) is 1. The van der Waals surface area contributed by atoms with Gasteiger partial charge in [0.25, 0.3) is 0 Å². The first-order chi connectivity index (χ1) is 14.8. The van der Waals surface area contributed by atoms with Crippen molar-refractivity contribution >= 4 is 35.1 Å². The van der Waals surface area contributed by atoms with Crippen LogP contribution in [0.5, 0.6) is 0 Å². The summed E-state index contributed by atoms with van der Waals surface area (Å²) in [7, 11) is 0. The van der Waals surface area contributed by atoms with Crippen LogP contribution in [0.1, 0.15) is 37.3 Å². The Balaban J connectivity index is 1.90. The van der Waals surface area contributed by atoms with Crippen LogP contribution in [0.4, 0.5) is 5.69 Å². The van der Waals surface area contributed by atoms with Crippen molar-refractivity contribution in [3.63, 3.8) is 0 Å². The molecule has 0 fully saturated rings. The average molecular weight is 441 g/mol. The third kappa shape index (κ3) is 5.33. The number of allylic oxidation sites excluding steroid dienone is 1. The summed E-state index contributed by atoms with van der Waals surface area (Å²) in [6.07, 6.45) is 0.0453. The van der Waals surface area contributed by atoms with Gasteiger partial charge in [0, 0.05) is 28.7 Å². The maximum Gasteiger partial charge on any atom is 0.336 e. The lowest BCUT2D eigenvalue weighted by Gasteiger charge is -2.34. The van der Waals surface area contributed by atoms with E-state index in [9.17, 15) is 14.4 Å². The van der Waals surface area contributed by atoms with Crippen molar-refractivity contribution < 1.29 is 19.1 Å². The summed E-state index contributed by atoms with van der Waals surface area (Å²) in [4.78, 5) is 39.7. The van der Waals surface area contributed by atoms with Gasteiger partial charge >= 0.3 is 5.97 Å². The van der Waals surface area contributed by atoms with Gasteiger partial charge in [0.1, 0.15) is 6.54 Å². The first-order valence-electron chi connectivity index (χ1n) is 10.1. The summed E-state index contributed by atoms with van der Waals surface area (Å²) in [5, 5.41) is 3.31. The molecule has 0 saturated heterocycles.